The highest BCUT2D eigenvalue weighted by atomic mass is 35.5. The molecule has 16 heavy (non-hydrogen) atoms. The van der Waals surface area contributed by atoms with Crippen LogP contribution in [-0.4, -0.2) is 28.0 Å². The van der Waals surface area contributed by atoms with E-state index in [1.165, 1.54) is 6.33 Å². The molecule has 0 bridgehead atoms. The molecule has 0 saturated carbocycles. The Morgan fingerprint density at radius 1 is 1.50 bits per heavy atom. The van der Waals surface area contributed by atoms with E-state index in [1.54, 1.807) is 0 Å². The van der Waals surface area contributed by atoms with Gasteiger partial charge in [-0.3, -0.25) is 0 Å². The molecule has 0 radical (unpaired) electrons. The lowest BCUT2D eigenvalue weighted by atomic mass is 10.2. The fraction of sp³-hybridized carbons (Fsp3) is 0.636. The molecule has 0 aliphatic rings. The van der Waals surface area contributed by atoms with Crippen molar-refractivity contribution in [1.82, 2.24) is 9.97 Å². The summed E-state index contributed by atoms with van der Waals surface area (Å²) in [7, 11) is 0. The Labute approximate surface area is 106 Å². The van der Waals surface area contributed by atoms with E-state index >= 15 is 0 Å². The number of anilines is 1. The summed E-state index contributed by atoms with van der Waals surface area (Å²) in [6.45, 7) is 5.20. The predicted molar refractivity (Wildman–Crippen MR) is 72.5 cm³/mol. The van der Waals surface area contributed by atoms with Gasteiger partial charge in [0.2, 0.25) is 0 Å². The highest BCUT2D eigenvalue weighted by Crippen LogP contribution is 2.21. The monoisotopic (exact) mass is 259 g/mol. The van der Waals surface area contributed by atoms with Gasteiger partial charge in [-0.25, -0.2) is 9.97 Å². The molecule has 1 atom stereocenters. The van der Waals surface area contributed by atoms with Crippen molar-refractivity contribution in [3.8, 4) is 0 Å². The lowest BCUT2D eigenvalue weighted by molar-refractivity contribution is 0.892. The maximum atomic E-state index is 6.06. The predicted octanol–water partition coefficient (Wildman–Crippen LogP) is 3.25. The number of hydrogen-bond donors (Lipinski definition) is 1. The first-order valence-electron chi connectivity index (χ1n) is 5.45. The minimum absolute atomic E-state index is 0.559. The molecule has 0 saturated heterocycles. The molecule has 0 aliphatic heterocycles. The maximum absolute atomic E-state index is 6.06. The smallest absolute Gasteiger partial charge is 0.137 e. The van der Waals surface area contributed by atoms with Crippen molar-refractivity contribution in [2.75, 3.05) is 18.1 Å². The summed E-state index contributed by atoms with van der Waals surface area (Å²) in [5.74, 6) is 0.878. The van der Waals surface area contributed by atoms with Crippen LogP contribution in [0.5, 0.6) is 0 Å². The van der Waals surface area contributed by atoms with Gasteiger partial charge in [-0.05, 0) is 12.7 Å². The SMILES string of the molecule is CCCc1c(Cl)ncnc1NCC(C)SC. The molecule has 0 fully saturated rings. The van der Waals surface area contributed by atoms with Crippen LogP contribution in [0.15, 0.2) is 6.33 Å². The second-order valence-electron chi connectivity index (χ2n) is 3.67. The molecule has 1 rings (SSSR count). The molecular formula is C11H18ClN3S. The summed E-state index contributed by atoms with van der Waals surface area (Å²) in [6.07, 6.45) is 5.56. The fourth-order valence-corrected chi connectivity index (χ4v) is 1.82. The van der Waals surface area contributed by atoms with E-state index in [0.717, 1.165) is 30.8 Å². The molecule has 0 spiro atoms. The average molecular weight is 260 g/mol. The number of halogens is 1. The minimum atomic E-state index is 0.559. The van der Waals surface area contributed by atoms with Crippen LogP contribution in [0.25, 0.3) is 0 Å². The standard InChI is InChI=1S/C11H18ClN3S/c1-4-5-9-10(12)14-7-15-11(9)13-6-8(2)16-3/h7-8H,4-6H2,1-3H3,(H,13,14,15). The van der Waals surface area contributed by atoms with Crippen molar-refractivity contribution in [3.05, 3.63) is 17.0 Å². The van der Waals surface area contributed by atoms with Gasteiger partial charge in [-0.1, -0.05) is 31.9 Å². The summed E-state index contributed by atoms with van der Waals surface area (Å²) in [5.41, 5.74) is 1.03. The molecule has 5 heteroatoms. The zero-order valence-electron chi connectivity index (χ0n) is 9.96. The highest BCUT2D eigenvalue weighted by Gasteiger charge is 2.09. The molecule has 1 unspecified atom stereocenters. The number of thioether (sulfide) groups is 1. The third-order valence-corrected chi connectivity index (χ3v) is 3.65. The van der Waals surface area contributed by atoms with Gasteiger partial charge in [0, 0.05) is 17.4 Å². The number of nitrogens with one attached hydrogen (secondary N) is 1. The molecule has 0 amide bonds. The maximum Gasteiger partial charge on any atom is 0.137 e. The Morgan fingerprint density at radius 2 is 2.25 bits per heavy atom. The van der Waals surface area contributed by atoms with Gasteiger partial charge in [0.05, 0.1) is 0 Å². The second kappa shape index (κ2) is 6.97. The van der Waals surface area contributed by atoms with Crippen molar-refractivity contribution in [3.63, 3.8) is 0 Å². The Hall–Kier alpha value is -0.480. The molecule has 1 N–H and O–H groups in total. The molecule has 90 valence electrons. The topological polar surface area (TPSA) is 37.8 Å². The van der Waals surface area contributed by atoms with E-state index < -0.39 is 0 Å². The van der Waals surface area contributed by atoms with Gasteiger partial charge >= 0.3 is 0 Å². The van der Waals surface area contributed by atoms with E-state index in [1.807, 2.05) is 11.8 Å². The Kier molecular flexibility index (Phi) is 5.91. The van der Waals surface area contributed by atoms with Crippen molar-refractivity contribution < 1.29 is 0 Å². The van der Waals surface area contributed by atoms with Gasteiger partial charge < -0.3 is 5.32 Å². The zero-order chi connectivity index (χ0) is 12.0. The highest BCUT2D eigenvalue weighted by molar-refractivity contribution is 7.99. The van der Waals surface area contributed by atoms with Gasteiger partial charge in [-0.15, -0.1) is 0 Å². The van der Waals surface area contributed by atoms with Crippen LogP contribution in [-0.2, 0) is 6.42 Å². The lowest BCUT2D eigenvalue weighted by Gasteiger charge is -2.13. The van der Waals surface area contributed by atoms with E-state index in [2.05, 4.69) is 35.4 Å². The van der Waals surface area contributed by atoms with Crippen molar-refractivity contribution in [2.24, 2.45) is 0 Å². The van der Waals surface area contributed by atoms with Gasteiger partial charge in [0.15, 0.2) is 0 Å². The molecule has 1 aromatic rings. The van der Waals surface area contributed by atoms with Crippen LogP contribution in [0.1, 0.15) is 25.8 Å². The van der Waals surface area contributed by atoms with Crippen LogP contribution in [0.3, 0.4) is 0 Å². The summed E-state index contributed by atoms with van der Waals surface area (Å²) < 4.78 is 0. The Morgan fingerprint density at radius 3 is 2.88 bits per heavy atom. The number of hydrogen-bond acceptors (Lipinski definition) is 4. The minimum Gasteiger partial charge on any atom is -0.369 e. The molecule has 1 heterocycles. The quantitative estimate of drug-likeness (QED) is 0.796. The Balaban J connectivity index is 2.74. The van der Waals surface area contributed by atoms with E-state index in [9.17, 15) is 0 Å². The third-order valence-electron chi connectivity index (χ3n) is 2.35. The zero-order valence-corrected chi connectivity index (χ0v) is 11.5. The third kappa shape index (κ3) is 3.83. The molecule has 0 aromatic carbocycles. The van der Waals surface area contributed by atoms with Crippen LogP contribution in [0.2, 0.25) is 5.15 Å². The largest absolute Gasteiger partial charge is 0.369 e. The van der Waals surface area contributed by atoms with E-state index in [-0.39, 0.29) is 0 Å². The molecule has 0 aliphatic carbocycles. The normalized spacial score (nSPS) is 12.5. The molecule has 1 aromatic heterocycles. The number of aromatic nitrogens is 2. The molecule has 3 nitrogen and oxygen atoms in total. The first kappa shape index (κ1) is 13.6. The fourth-order valence-electron chi connectivity index (χ4n) is 1.34. The molecular weight excluding hydrogens is 242 g/mol. The number of rotatable bonds is 6. The lowest BCUT2D eigenvalue weighted by Crippen LogP contribution is -2.15. The summed E-state index contributed by atoms with van der Waals surface area (Å²) in [6, 6.07) is 0. The van der Waals surface area contributed by atoms with Crippen molar-refractivity contribution >= 4 is 29.2 Å². The van der Waals surface area contributed by atoms with Gasteiger partial charge in [-0.2, -0.15) is 11.8 Å². The summed E-state index contributed by atoms with van der Waals surface area (Å²) >= 11 is 7.89. The van der Waals surface area contributed by atoms with Crippen molar-refractivity contribution in [2.45, 2.75) is 31.9 Å². The first-order valence-corrected chi connectivity index (χ1v) is 7.11. The van der Waals surface area contributed by atoms with Crippen LogP contribution in [0.4, 0.5) is 5.82 Å². The van der Waals surface area contributed by atoms with E-state index in [0.29, 0.717) is 10.4 Å². The van der Waals surface area contributed by atoms with Gasteiger partial charge in [0.25, 0.3) is 0 Å². The van der Waals surface area contributed by atoms with Crippen LogP contribution < -0.4 is 5.32 Å². The summed E-state index contributed by atoms with van der Waals surface area (Å²) in [4.78, 5) is 8.26. The van der Waals surface area contributed by atoms with Crippen molar-refractivity contribution in [1.29, 1.82) is 0 Å². The van der Waals surface area contributed by atoms with Gasteiger partial charge in [0.1, 0.15) is 17.3 Å². The second-order valence-corrected chi connectivity index (χ2v) is 5.30. The van der Waals surface area contributed by atoms with Crippen LogP contribution in [0, 0.1) is 0 Å². The van der Waals surface area contributed by atoms with E-state index in [4.69, 9.17) is 11.6 Å². The average Bonchev–Trinajstić information content (AvgIpc) is 2.29. The summed E-state index contributed by atoms with van der Waals surface area (Å²) in [5, 5.41) is 4.46. The Bertz CT molecular complexity index is 333. The first-order chi connectivity index (χ1) is 7.69. The number of nitrogens with zero attached hydrogens (tertiary/aromatic N) is 2. The van der Waals surface area contributed by atoms with Crippen LogP contribution >= 0.6 is 23.4 Å².